The first-order valence-corrected chi connectivity index (χ1v) is 13.7. The van der Waals surface area contributed by atoms with Crippen LogP contribution in [0.3, 0.4) is 0 Å². The Kier molecular flexibility index (Phi) is 8.47. The van der Waals surface area contributed by atoms with Crippen molar-refractivity contribution < 1.29 is 19.1 Å². The van der Waals surface area contributed by atoms with Crippen molar-refractivity contribution in [3.05, 3.63) is 70.9 Å². The summed E-state index contributed by atoms with van der Waals surface area (Å²) >= 11 is 1.58. The smallest absolute Gasteiger partial charge is 0.240 e. The summed E-state index contributed by atoms with van der Waals surface area (Å²) in [5.41, 5.74) is 4.57. The monoisotopic (exact) mass is 536 g/mol. The lowest BCUT2D eigenvalue weighted by Crippen LogP contribution is -2.43. The number of carbonyl (C=O) groups excluding carboxylic acids is 2. The summed E-state index contributed by atoms with van der Waals surface area (Å²) in [4.78, 5) is 28.2. The third-order valence-corrected chi connectivity index (χ3v) is 7.65. The van der Waals surface area contributed by atoms with Crippen molar-refractivity contribution in [2.45, 2.75) is 38.4 Å². The van der Waals surface area contributed by atoms with Gasteiger partial charge in [0.2, 0.25) is 11.8 Å². The summed E-state index contributed by atoms with van der Waals surface area (Å²) in [6, 6.07) is 15.9. The Bertz CT molecular complexity index is 1300. The second kappa shape index (κ2) is 11.6. The average molecular weight is 537 g/mol. The van der Waals surface area contributed by atoms with Crippen molar-refractivity contribution in [2.24, 2.45) is 0 Å². The molecule has 1 aliphatic rings. The number of nitrogens with one attached hydrogen (secondary N) is 1. The first-order chi connectivity index (χ1) is 18.1. The Labute approximate surface area is 228 Å². The highest BCUT2D eigenvalue weighted by molar-refractivity contribution is 8.00. The van der Waals surface area contributed by atoms with Crippen molar-refractivity contribution >= 4 is 29.4 Å². The molecule has 9 heteroatoms. The van der Waals surface area contributed by atoms with Gasteiger partial charge >= 0.3 is 0 Å². The lowest BCUT2D eigenvalue weighted by Gasteiger charge is -2.24. The van der Waals surface area contributed by atoms with E-state index in [9.17, 15) is 9.59 Å². The number of hydrogen-bond donors (Lipinski definition) is 1. The van der Waals surface area contributed by atoms with E-state index < -0.39 is 0 Å². The molecule has 1 unspecified atom stereocenters. The fourth-order valence-electron chi connectivity index (χ4n) is 4.57. The van der Waals surface area contributed by atoms with E-state index in [1.807, 2.05) is 35.0 Å². The highest BCUT2D eigenvalue weighted by Crippen LogP contribution is 2.48. The van der Waals surface area contributed by atoms with E-state index in [4.69, 9.17) is 14.6 Å². The third kappa shape index (κ3) is 5.89. The van der Waals surface area contributed by atoms with Crippen LogP contribution in [0, 0.1) is 6.92 Å². The normalized spacial score (nSPS) is 15.7. The minimum atomic E-state index is -0.315. The maximum absolute atomic E-state index is 13.7. The molecule has 1 aliphatic heterocycles. The number of anilines is 1. The molecule has 2 heterocycles. The number of aromatic nitrogens is 2. The van der Waals surface area contributed by atoms with Crippen LogP contribution in [-0.2, 0) is 19.7 Å². The van der Waals surface area contributed by atoms with Crippen LogP contribution in [0.4, 0.5) is 5.82 Å². The molecule has 0 saturated heterocycles. The van der Waals surface area contributed by atoms with Gasteiger partial charge in [-0.3, -0.25) is 14.5 Å². The molecule has 4 rings (SSSR count). The van der Waals surface area contributed by atoms with Gasteiger partial charge < -0.3 is 14.8 Å². The lowest BCUT2D eigenvalue weighted by atomic mass is 9.87. The zero-order valence-corrected chi connectivity index (χ0v) is 23.7. The van der Waals surface area contributed by atoms with Gasteiger partial charge in [-0.2, -0.15) is 5.10 Å². The van der Waals surface area contributed by atoms with E-state index in [0.717, 1.165) is 33.8 Å². The molecule has 2 aromatic carbocycles. The number of nitrogens with zero attached hydrogens (tertiary/aromatic N) is 3. The molecular weight excluding hydrogens is 500 g/mol. The zero-order chi connectivity index (χ0) is 27.4. The molecule has 0 spiro atoms. The number of benzene rings is 2. The Balaban J connectivity index is 1.95. The number of ether oxygens (including phenoxy) is 2. The van der Waals surface area contributed by atoms with Crippen LogP contribution in [0.2, 0.25) is 0 Å². The SMILES string of the molecule is COCCNC(=O)CN1C(=O)CSC(c2cccc(C)c2)c2c(C(C)(C)C)nn(-c3ccc(OC)cc3)c21. The van der Waals surface area contributed by atoms with Gasteiger partial charge in [0.25, 0.3) is 0 Å². The summed E-state index contributed by atoms with van der Waals surface area (Å²) in [6.07, 6.45) is 0. The molecule has 0 fully saturated rings. The van der Waals surface area contributed by atoms with Crippen LogP contribution in [0.15, 0.2) is 48.5 Å². The molecule has 3 aromatic rings. The number of hydrogen-bond acceptors (Lipinski definition) is 6. The molecule has 0 bridgehead atoms. The minimum Gasteiger partial charge on any atom is -0.497 e. The number of methoxy groups -OCH3 is 2. The third-order valence-electron chi connectivity index (χ3n) is 6.39. The first kappa shape index (κ1) is 27.7. The molecule has 1 aromatic heterocycles. The van der Waals surface area contributed by atoms with E-state index in [1.54, 1.807) is 30.9 Å². The van der Waals surface area contributed by atoms with Crippen LogP contribution in [0.1, 0.15) is 48.4 Å². The summed E-state index contributed by atoms with van der Waals surface area (Å²) in [6.45, 7) is 9.10. The molecule has 202 valence electrons. The van der Waals surface area contributed by atoms with E-state index in [2.05, 4.69) is 51.2 Å². The Morgan fingerprint density at radius 2 is 1.89 bits per heavy atom. The second-order valence-electron chi connectivity index (χ2n) is 10.4. The zero-order valence-electron chi connectivity index (χ0n) is 22.9. The van der Waals surface area contributed by atoms with E-state index in [1.165, 1.54) is 0 Å². The van der Waals surface area contributed by atoms with Gasteiger partial charge in [-0.25, -0.2) is 4.68 Å². The van der Waals surface area contributed by atoms with Gasteiger partial charge in [0.15, 0.2) is 0 Å². The second-order valence-corrected chi connectivity index (χ2v) is 11.5. The molecule has 0 aliphatic carbocycles. The van der Waals surface area contributed by atoms with Crippen molar-refractivity contribution in [2.75, 3.05) is 44.6 Å². The molecule has 1 N–H and O–H groups in total. The number of aryl methyl sites for hydroxylation is 1. The van der Waals surface area contributed by atoms with Crippen molar-refractivity contribution in [1.29, 1.82) is 0 Å². The van der Waals surface area contributed by atoms with E-state index in [-0.39, 0.29) is 34.8 Å². The number of carbonyl (C=O) groups is 2. The van der Waals surface area contributed by atoms with Crippen LogP contribution in [0.25, 0.3) is 5.69 Å². The van der Waals surface area contributed by atoms with Crippen LogP contribution >= 0.6 is 11.8 Å². The van der Waals surface area contributed by atoms with Gasteiger partial charge in [-0.1, -0.05) is 50.6 Å². The minimum absolute atomic E-state index is 0.109. The Hall–Kier alpha value is -3.30. The van der Waals surface area contributed by atoms with Gasteiger partial charge in [0, 0.05) is 24.6 Å². The molecule has 0 saturated carbocycles. The van der Waals surface area contributed by atoms with E-state index in [0.29, 0.717) is 19.0 Å². The van der Waals surface area contributed by atoms with Crippen LogP contribution in [-0.4, -0.2) is 61.3 Å². The van der Waals surface area contributed by atoms with Crippen molar-refractivity contribution in [3.63, 3.8) is 0 Å². The number of amides is 2. The van der Waals surface area contributed by atoms with Gasteiger partial charge in [-0.05, 0) is 36.8 Å². The number of thioether (sulfide) groups is 1. The quantitative estimate of drug-likeness (QED) is 0.429. The Morgan fingerprint density at radius 1 is 1.16 bits per heavy atom. The molecule has 8 nitrogen and oxygen atoms in total. The number of rotatable bonds is 8. The predicted molar refractivity (Wildman–Crippen MR) is 152 cm³/mol. The molecule has 1 atom stereocenters. The van der Waals surface area contributed by atoms with Gasteiger partial charge in [-0.15, -0.1) is 11.8 Å². The van der Waals surface area contributed by atoms with Crippen LogP contribution < -0.4 is 15.0 Å². The molecule has 0 radical (unpaired) electrons. The molecule has 2 amide bonds. The maximum atomic E-state index is 13.7. The highest BCUT2D eigenvalue weighted by atomic mass is 32.2. The van der Waals surface area contributed by atoms with Crippen molar-refractivity contribution in [3.8, 4) is 11.4 Å². The fourth-order valence-corrected chi connectivity index (χ4v) is 5.75. The lowest BCUT2D eigenvalue weighted by molar-refractivity contribution is -0.123. The summed E-state index contributed by atoms with van der Waals surface area (Å²) in [5.74, 6) is 1.21. The highest BCUT2D eigenvalue weighted by Gasteiger charge is 2.39. The van der Waals surface area contributed by atoms with Gasteiger partial charge in [0.1, 0.15) is 18.1 Å². The summed E-state index contributed by atoms with van der Waals surface area (Å²) < 4.78 is 12.2. The van der Waals surface area contributed by atoms with Crippen LogP contribution in [0.5, 0.6) is 5.75 Å². The van der Waals surface area contributed by atoms with E-state index >= 15 is 0 Å². The standard InChI is InChI=1S/C29H36N4O4S/c1-19-8-7-9-20(16-19)26-25-27(29(2,3)4)31-33(21-10-12-22(37-6)13-11-21)28(25)32(24(35)18-38-26)17-23(34)30-14-15-36-5/h7-13,16,26H,14-15,17-18H2,1-6H3,(H,30,34). The number of fused-ring (bicyclic) bond motifs is 1. The van der Waals surface area contributed by atoms with Gasteiger partial charge in [0.05, 0.1) is 36.1 Å². The molecular formula is C29H36N4O4S. The maximum Gasteiger partial charge on any atom is 0.240 e. The largest absolute Gasteiger partial charge is 0.497 e. The average Bonchev–Trinajstić information content (AvgIpc) is 3.22. The predicted octanol–water partition coefficient (Wildman–Crippen LogP) is 4.42. The summed E-state index contributed by atoms with van der Waals surface area (Å²) in [5, 5.41) is 7.84. The summed E-state index contributed by atoms with van der Waals surface area (Å²) in [7, 11) is 3.21. The van der Waals surface area contributed by atoms with Crippen molar-refractivity contribution in [1.82, 2.24) is 15.1 Å². The Morgan fingerprint density at radius 3 is 2.53 bits per heavy atom. The molecule has 38 heavy (non-hydrogen) atoms. The fraction of sp³-hybridized carbons (Fsp3) is 0.414. The first-order valence-electron chi connectivity index (χ1n) is 12.7. The topological polar surface area (TPSA) is 85.7 Å².